The minimum absolute atomic E-state index is 0.0680. The van der Waals surface area contributed by atoms with Crippen LogP contribution in [0.5, 0.6) is 0 Å². The number of pyridine rings is 1. The Labute approximate surface area is 140 Å². The molecular weight excluding hydrogens is 309 g/mol. The largest absolute Gasteiger partial charge is 0.371 e. The van der Waals surface area contributed by atoms with E-state index >= 15 is 0 Å². The molecule has 2 saturated heterocycles. The van der Waals surface area contributed by atoms with Crippen molar-refractivity contribution < 1.29 is 9.13 Å². The monoisotopic (exact) mass is 329 g/mol. The summed E-state index contributed by atoms with van der Waals surface area (Å²) in [6.45, 7) is 4.16. The number of hydrogen-bond donors (Lipinski definition) is 1. The number of nitrogens with zero attached hydrogens (tertiary/aromatic N) is 4. The van der Waals surface area contributed by atoms with E-state index in [1.165, 1.54) is 6.07 Å². The summed E-state index contributed by atoms with van der Waals surface area (Å²) >= 11 is 0. The van der Waals surface area contributed by atoms with Crippen LogP contribution in [0.4, 0.5) is 16.0 Å². The van der Waals surface area contributed by atoms with Gasteiger partial charge in [-0.1, -0.05) is 0 Å². The molecule has 7 heteroatoms. The molecular formula is C17H20FN5O. The van der Waals surface area contributed by atoms with Crippen LogP contribution in [-0.4, -0.2) is 46.5 Å². The maximum Gasteiger partial charge on any atom is 0.165 e. The summed E-state index contributed by atoms with van der Waals surface area (Å²) in [5.74, 6) is 0.845. The van der Waals surface area contributed by atoms with Crippen molar-refractivity contribution in [3.05, 3.63) is 42.0 Å². The van der Waals surface area contributed by atoms with Gasteiger partial charge >= 0.3 is 0 Å². The highest BCUT2D eigenvalue weighted by molar-refractivity contribution is 5.41. The van der Waals surface area contributed by atoms with Gasteiger partial charge in [-0.2, -0.15) is 5.10 Å². The van der Waals surface area contributed by atoms with Gasteiger partial charge in [0.25, 0.3) is 0 Å². The van der Waals surface area contributed by atoms with E-state index in [4.69, 9.17) is 4.74 Å². The minimum Gasteiger partial charge on any atom is -0.371 e. The molecule has 2 aromatic rings. The first-order chi connectivity index (χ1) is 11.6. The summed E-state index contributed by atoms with van der Waals surface area (Å²) < 4.78 is 19.8. The molecule has 126 valence electrons. The first-order valence-electron chi connectivity index (χ1n) is 8.20. The van der Waals surface area contributed by atoms with E-state index < -0.39 is 0 Å². The molecule has 1 N–H and O–H groups in total. The van der Waals surface area contributed by atoms with Gasteiger partial charge in [0.15, 0.2) is 17.5 Å². The molecule has 4 heterocycles. The Bertz CT molecular complexity index is 725. The number of halogens is 1. The Morgan fingerprint density at radius 2 is 2.25 bits per heavy atom. The maximum absolute atomic E-state index is 13.7. The molecule has 0 amide bonds. The Morgan fingerprint density at radius 1 is 1.33 bits per heavy atom. The molecule has 0 aromatic carbocycles. The molecule has 0 radical (unpaired) electrons. The van der Waals surface area contributed by atoms with Gasteiger partial charge in [0.05, 0.1) is 23.9 Å². The summed E-state index contributed by atoms with van der Waals surface area (Å²) in [6, 6.07) is 7.03. The zero-order valence-corrected chi connectivity index (χ0v) is 13.6. The fourth-order valence-electron chi connectivity index (χ4n) is 3.51. The molecule has 0 aliphatic carbocycles. The SMILES string of the molecule is Cc1ccc(N2CCC3(CC(Nc4ncccc4F)CO3)C2)nn1. The van der Waals surface area contributed by atoms with Crippen molar-refractivity contribution in [2.75, 3.05) is 29.9 Å². The predicted octanol–water partition coefficient (Wildman–Crippen LogP) is 2.17. The molecule has 6 nitrogen and oxygen atoms in total. The topological polar surface area (TPSA) is 63.2 Å². The van der Waals surface area contributed by atoms with Gasteiger partial charge in [0.1, 0.15) is 0 Å². The van der Waals surface area contributed by atoms with Crippen molar-refractivity contribution in [3.8, 4) is 0 Å². The summed E-state index contributed by atoms with van der Waals surface area (Å²) in [5, 5.41) is 11.5. The van der Waals surface area contributed by atoms with E-state index in [0.29, 0.717) is 12.4 Å². The minimum atomic E-state index is -0.332. The van der Waals surface area contributed by atoms with Crippen LogP contribution in [0.2, 0.25) is 0 Å². The normalized spacial score (nSPS) is 26.2. The lowest BCUT2D eigenvalue weighted by Crippen LogP contribution is -2.34. The van der Waals surface area contributed by atoms with Crippen LogP contribution in [0.3, 0.4) is 0 Å². The van der Waals surface area contributed by atoms with Crippen LogP contribution in [0.25, 0.3) is 0 Å². The van der Waals surface area contributed by atoms with Crippen molar-refractivity contribution in [1.82, 2.24) is 15.2 Å². The molecule has 2 atom stereocenters. The van der Waals surface area contributed by atoms with Gasteiger partial charge in [0.2, 0.25) is 0 Å². The Morgan fingerprint density at radius 3 is 3.04 bits per heavy atom. The number of rotatable bonds is 3. The Balaban J connectivity index is 1.41. The van der Waals surface area contributed by atoms with E-state index in [1.54, 1.807) is 12.3 Å². The average Bonchev–Trinajstić information content (AvgIpc) is 3.18. The summed E-state index contributed by atoms with van der Waals surface area (Å²) in [6.07, 6.45) is 3.36. The molecule has 0 bridgehead atoms. The summed E-state index contributed by atoms with van der Waals surface area (Å²) in [7, 11) is 0. The van der Waals surface area contributed by atoms with E-state index in [1.807, 2.05) is 19.1 Å². The number of aryl methyl sites for hydroxylation is 1. The van der Waals surface area contributed by atoms with Gasteiger partial charge < -0.3 is 15.0 Å². The standard InChI is InChI=1S/C17H20FN5O/c1-12-4-5-15(22-21-12)23-8-6-17(11-23)9-13(10-24-17)20-16-14(18)3-2-7-19-16/h2-5,7,13H,6,8-11H2,1H3,(H,19,20). The van der Waals surface area contributed by atoms with Gasteiger partial charge in [-0.05, 0) is 37.6 Å². The quantitative estimate of drug-likeness (QED) is 0.931. The molecule has 2 aliphatic rings. The molecule has 0 saturated carbocycles. The van der Waals surface area contributed by atoms with E-state index in [2.05, 4.69) is 25.4 Å². The second-order valence-electron chi connectivity index (χ2n) is 6.58. The molecule has 2 unspecified atom stereocenters. The zero-order chi connectivity index (χ0) is 16.6. The second kappa shape index (κ2) is 5.98. The third kappa shape index (κ3) is 2.91. The zero-order valence-electron chi connectivity index (χ0n) is 13.6. The van der Waals surface area contributed by atoms with Gasteiger partial charge in [-0.3, -0.25) is 0 Å². The fraction of sp³-hybridized carbons (Fsp3) is 0.471. The highest BCUT2D eigenvalue weighted by atomic mass is 19.1. The van der Waals surface area contributed by atoms with Gasteiger partial charge in [-0.15, -0.1) is 5.10 Å². The molecule has 2 fully saturated rings. The van der Waals surface area contributed by atoms with Crippen LogP contribution in [-0.2, 0) is 4.74 Å². The number of ether oxygens (including phenoxy) is 1. The predicted molar refractivity (Wildman–Crippen MR) is 88.5 cm³/mol. The lowest BCUT2D eigenvalue weighted by Gasteiger charge is -2.23. The van der Waals surface area contributed by atoms with Crippen molar-refractivity contribution in [1.29, 1.82) is 0 Å². The lowest BCUT2D eigenvalue weighted by molar-refractivity contribution is 0.0228. The van der Waals surface area contributed by atoms with Crippen LogP contribution in [0.15, 0.2) is 30.5 Å². The van der Waals surface area contributed by atoms with Crippen molar-refractivity contribution in [2.24, 2.45) is 0 Å². The molecule has 2 aromatic heterocycles. The second-order valence-corrected chi connectivity index (χ2v) is 6.58. The van der Waals surface area contributed by atoms with Gasteiger partial charge in [0, 0.05) is 25.7 Å². The van der Waals surface area contributed by atoms with E-state index in [-0.39, 0.29) is 17.5 Å². The first-order valence-corrected chi connectivity index (χ1v) is 8.20. The number of nitrogens with one attached hydrogen (secondary N) is 1. The molecule has 24 heavy (non-hydrogen) atoms. The van der Waals surface area contributed by atoms with Crippen molar-refractivity contribution in [3.63, 3.8) is 0 Å². The van der Waals surface area contributed by atoms with Crippen molar-refractivity contribution in [2.45, 2.75) is 31.4 Å². The van der Waals surface area contributed by atoms with Crippen LogP contribution in [0.1, 0.15) is 18.5 Å². The summed E-state index contributed by atoms with van der Waals surface area (Å²) in [5.41, 5.74) is 0.710. The average molecular weight is 329 g/mol. The molecule has 2 aliphatic heterocycles. The third-order valence-corrected chi connectivity index (χ3v) is 4.73. The molecule has 1 spiro atoms. The fourth-order valence-corrected chi connectivity index (χ4v) is 3.51. The van der Waals surface area contributed by atoms with Crippen LogP contribution >= 0.6 is 0 Å². The third-order valence-electron chi connectivity index (χ3n) is 4.73. The number of aromatic nitrogens is 3. The lowest BCUT2D eigenvalue weighted by atomic mass is 9.97. The molecule has 4 rings (SSSR count). The van der Waals surface area contributed by atoms with E-state index in [9.17, 15) is 4.39 Å². The van der Waals surface area contributed by atoms with Crippen LogP contribution in [0, 0.1) is 12.7 Å². The number of hydrogen-bond acceptors (Lipinski definition) is 6. The first kappa shape index (κ1) is 15.3. The van der Waals surface area contributed by atoms with Gasteiger partial charge in [-0.25, -0.2) is 9.37 Å². The number of anilines is 2. The smallest absolute Gasteiger partial charge is 0.165 e. The summed E-state index contributed by atoms with van der Waals surface area (Å²) in [4.78, 5) is 6.26. The maximum atomic E-state index is 13.7. The highest BCUT2D eigenvalue weighted by Gasteiger charge is 2.46. The Kier molecular flexibility index (Phi) is 3.80. The highest BCUT2D eigenvalue weighted by Crippen LogP contribution is 2.37. The van der Waals surface area contributed by atoms with Crippen LogP contribution < -0.4 is 10.2 Å². The van der Waals surface area contributed by atoms with Crippen molar-refractivity contribution >= 4 is 11.6 Å². The van der Waals surface area contributed by atoms with E-state index in [0.717, 1.165) is 37.4 Å². The Hall–Kier alpha value is -2.28.